The molecule has 1 aliphatic rings. The zero-order valence-corrected chi connectivity index (χ0v) is 8.04. The first-order valence-electron chi connectivity index (χ1n) is 2.13. The van der Waals surface area contributed by atoms with E-state index in [1.165, 1.54) is 5.57 Å². The summed E-state index contributed by atoms with van der Waals surface area (Å²) in [5.41, 5.74) is 1.34. The molecule has 0 aromatic carbocycles. The third kappa shape index (κ3) is 3.63. The van der Waals surface area contributed by atoms with Crippen molar-refractivity contribution in [1.29, 1.82) is 0 Å². The zero-order valence-electron chi connectivity index (χ0n) is 4.77. The zero-order chi connectivity index (χ0) is 4.41. The van der Waals surface area contributed by atoms with Crippen molar-refractivity contribution < 1.29 is 26.2 Å². The average molecular weight is 207 g/mol. The molecule has 0 bridgehead atoms. The molecule has 1 aliphatic carbocycles. The summed E-state index contributed by atoms with van der Waals surface area (Å²) in [7, 11) is 0. The van der Waals surface area contributed by atoms with E-state index in [2.05, 4.69) is 19.1 Å². The first-order valence-corrected chi connectivity index (χ1v) is 2.13. The Morgan fingerprint density at radius 3 is 2.38 bits per heavy atom. The maximum atomic E-state index is 3.05. The van der Waals surface area contributed by atoms with Gasteiger partial charge in [0.05, 0.1) is 0 Å². The van der Waals surface area contributed by atoms with Gasteiger partial charge in [-0.15, -0.1) is 25.8 Å². The van der Waals surface area contributed by atoms with E-state index in [4.69, 9.17) is 0 Å². The molecule has 0 saturated heterocycles. The van der Waals surface area contributed by atoms with E-state index in [1.807, 2.05) is 6.08 Å². The minimum atomic E-state index is 0. The molecule has 44 valence electrons. The van der Waals surface area contributed by atoms with Crippen molar-refractivity contribution in [2.45, 2.75) is 13.3 Å². The molecule has 1 rings (SSSR count). The average Bonchev–Trinajstić information content (AvgIpc) is 1.86. The van der Waals surface area contributed by atoms with E-state index in [9.17, 15) is 0 Å². The summed E-state index contributed by atoms with van der Waals surface area (Å²) >= 11 is 0. The third-order valence-corrected chi connectivity index (χ3v) is 0.872. The largest absolute Gasteiger partial charge is 0.273 e. The van der Waals surface area contributed by atoms with Gasteiger partial charge in [-0.25, -0.2) is 11.6 Å². The van der Waals surface area contributed by atoms with E-state index in [0.717, 1.165) is 6.42 Å². The SMILES string of the molecule is CC1=CC[C-]=C1.Cl.[Zr]. The number of hydrogen-bond donors (Lipinski definition) is 0. The van der Waals surface area contributed by atoms with Gasteiger partial charge < -0.3 is 0 Å². The molecule has 0 aromatic rings. The second-order valence-electron chi connectivity index (χ2n) is 1.50. The van der Waals surface area contributed by atoms with Crippen LogP contribution in [0.1, 0.15) is 13.3 Å². The Balaban J connectivity index is 0. The summed E-state index contributed by atoms with van der Waals surface area (Å²) in [4.78, 5) is 0. The molecular weight excluding hydrogens is 199 g/mol. The molecule has 0 aromatic heterocycles. The van der Waals surface area contributed by atoms with Crippen molar-refractivity contribution in [3.05, 3.63) is 23.8 Å². The molecule has 0 nitrogen and oxygen atoms in total. The number of allylic oxidation sites excluding steroid dienone is 4. The summed E-state index contributed by atoms with van der Waals surface area (Å²) in [6, 6.07) is 0. The quantitative estimate of drug-likeness (QED) is 0.533. The molecule has 2 heteroatoms. The Morgan fingerprint density at radius 1 is 1.62 bits per heavy atom. The van der Waals surface area contributed by atoms with Crippen LogP contribution in [0.5, 0.6) is 0 Å². The minimum Gasteiger partial charge on any atom is -0.273 e. The van der Waals surface area contributed by atoms with Crippen LogP contribution in [0, 0.1) is 6.08 Å². The van der Waals surface area contributed by atoms with Gasteiger partial charge in [0.2, 0.25) is 0 Å². The molecule has 0 atom stereocenters. The van der Waals surface area contributed by atoms with Gasteiger partial charge in [0.25, 0.3) is 0 Å². The molecule has 8 heavy (non-hydrogen) atoms. The smallest absolute Gasteiger partial charge is 0 e. The van der Waals surface area contributed by atoms with Gasteiger partial charge in [-0.2, -0.15) is 6.08 Å². The van der Waals surface area contributed by atoms with Gasteiger partial charge in [-0.3, -0.25) is 6.08 Å². The number of hydrogen-bond acceptors (Lipinski definition) is 0. The summed E-state index contributed by atoms with van der Waals surface area (Å²) in [5.74, 6) is 0. The third-order valence-electron chi connectivity index (χ3n) is 0.872. The molecule has 0 fully saturated rings. The molecule has 0 saturated carbocycles. The van der Waals surface area contributed by atoms with E-state index < -0.39 is 0 Å². The fraction of sp³-hybridized carbons (Fsp3) is 0.333. The Kier molecular flexibility index (Phi) is 8.28. The van der Waals surface area contributed by atoms with Gasteiger partial charge in [0, 0.05) is 26.2 Å². The van der Waals surface area contributed by atoms with Gasteiger partial charge in [-0.1, -0.05) is 0 Å². The number of rotatable bonds is 0. The van der Waals surface area contributed by atoms with E-state index in [0.29, 0.717) is 0 Å². The van der Waals surface area contributed by atoms with Crippen molar-refractivity contribution in [3.63, 3.8) is 0 Å². The van der Waals surface area contributed by atoms with Crippen LogP contribution < -0.4 is 0 Å². The summed E-state index contributed by atoms with van der Waals surface area (Å²) < 4.78 is 0. The molecule has 0 unspecified atom stereocenters. The predicted molar refractivity (Wildman–Crippen MR) is 33.4 cm³/mol. The van der Waals surface area contributed by atoms with Crippen LogP contribution in [0.3, 0.4) is 0 Å². The Morgan fingerprint density at radius 2 is 2.25 bits per heavy atom. The normalized spacial score (nSPS) is 13.9. The van der Waals surface area contributed by atoms with Crippen molar-refractivity contribution in [2.75, 3.05) is 0 Å². The first-order chi connectivity index (χ1) is 2.89. The van der Waals surface area contributed by atoms with E-state index in [1.54, 1.807) is 0 Å². The van der Waals surface area contributed by atoms with Crippen molar-refractivity contribution in [1.82, 2.24) is 0 Å². The fourth-order valence-corrected chi connectivity index (χ4v) is 0.499. The maximum Gasteiger partial charge on any atom is 0 e. The predicted octanol–water partition coefficient (Wildman–Crippen LogP) is 2.12. The van der Waals surface area contributed by atoms with Crippen LogP contribution in [-0.4, -0.2) is 0 Å². The Bertz CT molecular complexity index is 102. The van der Waals surface area contributed by atoms with Gasteiger partial charge in [0.1, 0.15) is 0 Å². The van der Waals surface area contributed by atoms with Crippen LogP contribution in [0.25, 0.3) is 0 Å². The van der Waals surface area contributed by atoms with Gasteiger partial charge in [0.15, 0.2) is 0 Å². The van der Waals surface area contributed by atoms with E-state index in [-0.39, 0.29) is 38.6 Å². The topological polar surface area (TPSA) is 0 Å². The van der Waals surface area contributed by atoms with Crippen molar-refractivity contribution in [3.8, 4) is 0 Å². The van der Waals surface area contributed by atoms with Gasteiger partial charge >= 0.3 is 0 Å². The Hall–Kier alpha value is 0.653. The summed E-state index contributed by atoms with van der Waals surface area (Å²) in [6.07, 6.45) is 8.24. The Labute approximate surface area is 75.6 Å². The number of halogens is 1. The summed E-state index contributed by atoms with van der Waals surface area (Å²) in [6.45, 7) is 2.08. The van der Waals surface area contributed by atoms with Gasteiger partial charge in [-0.05, 0) is 0 Å². The van der Waals surface area contributed by atoms with Crippen molar-refractivity contribution >= 4 is 12.4 Å². The molecule has 0 radical (unpaired) electrons. The second-order valence-corrected chi connectivity index (χ2v) is 1.50. The summed E-state index contributed by atoms with van der Waals surface area (Å²) in [5, 5.41) is 0. The van der Waals surface area contributed by atoms with Crippen LogP contribution in [0.2, 0.25) is 0 Å². The molecule has 0 spiro atoms. The van der Waals surface area contributed by atoms with Crippen LogP contribution in [0.4, 0.5) is 0 Å². The maximum absolute atomic E-state index is 3.05. The molecule has 0 N–H and O–H groups in total. The monoisotopic (exact) mass is 205 g/mol. The second kappa shape index (κ2) is 5.78. The molecule has 0 amide bonds. The van der Waals surface area contributed by atoms with Crippen LogP contribution in [-0.2, 0) is 26.2 Å². The standard InChI is InChI=1S/C6H7.ClH.Zr/c1-6-4-2-3-5-6;;/h4-5H,2H2,1H3;1H;/q-1;;. The van der Waals surface area contributed by atoms with Crippen LogP contribution in [0.15, 0.2) is 17.7 Å². The minimum absolute atomic E-state index is 0. The molecule has 0 heterocycles. The molecule has 0 aliphatic heterocycles. The first kappa shape index (κ1) is 11.4. The van der Waals surface area contributed by atoms with Crippen LogP contribution >= 0.6 is 12.4 Å². The van der Waals surface area contributed by atoms with Crippen molar-refractivity contribution in [2.24, 2.45) is 0 Å². The van der Waals surface area contributed by atoms with E-state index >= 15 is 0 Å². The fourth-order valence-electron chi connectivity index (χ4n) is 0.499. The molecular formula is C6H8ClZr-.